The highest BCUT2D eigenvalue weighted by Gasteiger charge is 2.28. The Morgan fingerprint density at radius 1 is 1.32 bits per heavy atom. The van der Waals surface area contributed by atoms with E-state index in [4.69, 9.17) is 9.52 Å². The highest BCUT2D eigenvalue weighted by molar-refractivity contribution is 8.00. The molecule has 6 heteroatoms. The van der Waals surface area contributed by atoms with Crippen molar-refractivity contribution in [2.24, 2.45) is 0 Å². The van der Waals surface area contributed by atoms with Gasteiger partial charge in [0.2, 0.25) is 11.8 Å². The van der Waals surface area contributed by atoms with E-state index >= 15 is 0 Å². The Labute approximate surface area is 115 Å². The van der Waals surface area contributed by atoms with Gasteiger partial charge in [0.15, 0.2) is 0 Å². The number of hydrogen-bond donors (Lipinski definition) is 1. The largest absolute Gasteiger partial charge is 0.480 e. The molecule has 2 rings (SSSR count). The zero-order valence-electron chi connectivity index (χ0n) is 10.7. The van der Waals surface area contributed by atoms with Crippen LogP contribution in [0.25, 0.3) is 11.5 Å². The van der Waals surface area contributed by atoms with Gasteiger partial charge >= 0.3 is 5.97 Å². The number of carboxylic acid groups (broad SMARTS) is 1. The molecule has 0 aliphatic rings. The van der Waals surface area contributed by atoms with E-state index in [1.54, 1.807) is 13.8 Å². The Hall–Kier alpha value is -1.82. The highest BCUT2D eigenvalue weighted by Crippen LogP contribution is 2.28. The fourth-order valence-corrected chi connectivity index (χ4v) is 2.04. The van der Waals surface area contributed by atoms with Crippen molar-refractivity contribution in [2.75, 3.05) is 0 Å². The molecule has 0 amide bonds. The lowest BCUT2D eigenvalue weighted by Gasteiger charge is -2.16. The van der Waals surface area contributed by atoms with Crippen LogP contribution >= 0.6 is 11.8 Å². The summed E-state index contributed by atoms with van der Waals surface area (Å²) in [6, 6.07) is 9.45. The smallest absolute Gasteiger partial charge is 0.319 e. The van der Waals surface area contributed by atoms with Gasteiger partial charge in [0.1, 0.15) is 4.75 Å². The molecule has 19 heavy (non-hydrogen) atoms. The average Bonchev–Trinajstić information content (AvgIpc) is 2.86. The maximum absolute atomic E-state index is 11.0. The maximum Gasteiger partial charge on any atom is 0.319 e. The van der Waals surface area contributed by atoms with Crippen LogP contribution in [0.5, 0.6) is 0 Å². The van der Waals surface area contributed by atoms with Gasteiger partial charge < -0.3 is 9.52 Å². The molecule has 0 aliphatic carbocycles. The van der Waals surface area contributed by atoms with Gasteiger partial charge in [-0.3, -0.25) is 4.79 Å². The summed E-state index contributed by atoms with van der Waals surface area (Å²) in [5.74, 6) is 0.391. The third-order valence-corrected chi connectivity index (χ3v) is 3.85. The minimum Gasteiger partial charge on any atom is -0.480 e. The number of aliphatic carboxylic acids is 1. The fourth-order valence-electron chi connectivity index (χ4n) is 1.31. The summed E-state index contributed by atoms with van der Waals surface area (Å²) in [6.45, 7) is 3.29. The van der Waals surface area contributed by atoms with Crippen molar-refractivity contribution < 1.29 is 14.3 Å². The Balaban J connectivity index is 2.05. The first-order valence-electron chi connectivity index (χ1n) is 5.74. The lowest BCUT2D eigenvalue weighted by molar-refractivity contribution is -0.138. The molecule has 1 aromatic carbocycles. The summed E-state index contributed by atoms with van der Waals surface area (Å²) < 4.78 is 4.64. The summed E-state index contributed by atoms with van der Waals surface area (Å²) in [7, 11) is 0. The van der Waals surface area contributed by atoms with Crippen LogP contribution in [0.4, 0.5) is 0 Å². The molecule has 0 spiro atoms. The lowest BCUT2D eigenvalue weighted by Crippen LogP contribution is -2.27. The van der Waals surface area contributed by atoms with E-state index in [-0.39, 0.29) is 0 Å². The summed E-state index contributed by atoms with van der Waals surface area (Å²) >= 11 is 1.25. The molecule has 1 aromatic heterocycles. The van der Waals surface area contributed by atoms with Crippen LogP contribution in [-0.2, 0) is 10.5 Å². The summed E-state index contributed by atoms with van der Waals surface area (Å²) in [5.41, 5.74) is 0.851. The van der Waals surface area contributed by atoms with Gasteiger partial charge in [-0.05, 0) is 26.0 Å². The van der Waals surface area contributed by atoms with Crippen molar-refractivity contribution in [1.29, 1.82) is 0 Å². The Kier molecular flexibility index (Phi) is 3.90. The highest BCUT2D eigenvalue weighted by atomic mass is 32.2. The van der Waals surface area contributed by atoms with Crippen molar-refractivity contribution >= 4 is 17.7 Å². The Bertz CT molecular complexity index is 566. The standard InChI is InChI=1S/C13H14N2O3S/c1-13(2,12(16)17)19-8-10-14-15-11(18-10)9-6-4-3-5-7-9/h3-7H,8H2,1-2H3,(H,16,17). The van der Waals surface area contributed by atoms with Crippen molar-refractivity contribution in [3.8, 4) is 11.5 Å². The molecule has 0 saturated carbocycles. The lowest BCUT2D eigenvalue weighted by atomic mass is 10.2. The minimum atomic E-state index is -0.874. The number of aromatic nitrogens is 2. The average molecular weight is 278 g/mol. The molecule has 0 fully saturated rings. The first-order valence-corrected chi connectivity index (χ1v) is 6.73. The van der Waals surface area contributed by atoms with Gasteiger partial charge in [-0.1, -0.05) is 18.2 Å². The quantitative estimate of drug-likeness (QED) is 0.906. The molecule has 1 heterocycles. The number of hydrogen-bond acceptors (Lipinski definition) is 5. The van der Waals surface area contributed by atoms with Gasteiger partial charge in [0.25, 0.3) is 0 Å². The molecule has 5 nitrogen and oxygen atoms in total. The van der Waals surface area contributed by atoms with Crippen LogP contribution in [0.3, 0.4) is 0 Å². The van der Waals surface area contributed by atoms with Gasteiger partial charge in [0, 0.05) is 5.56 Å². The SMILES string of the molecule is CC(C)(SCc1nnc(-c2ccccc2)o1)C(=O)O. The number of benzene rings is 1. The van der Waals surface area contributed by atoms with Crippen LogP contribution in [0, 0.1) is 0 Å². The number of carboxylic acids is 1. The van der Waals surface area contributed by atoms with E-state index in [9.17, 15) is 4.79 Å². The van der Waals surface area contributed by atoms with E-state index in [1.165, 1.54) is 11.8 Å². The second-order valence-corrected chi connectivity index (χ2v) is 6.07. The molecule has 2 aromatic rings. The van der Waals surface area contributed by atoms with Crippen molar-refractivity contribution in [1.82, 2.24) is 10.2 Å². The van der Waals surface area contributed by atoms with Crippen molar-refractivity contribution in [3.63, 3.8) is 0 Å². The number of thioether (sulfide) groups is 1. The third kappa shape index (κ3) is 3.35. The molecule has 0 bridgehead atoms. The van der Waals surface area contributed by atoms with E-state index < -0.39 is 10.7 Å². The molecular formula is C13H14N2O3S. The monoisotopic (exact) mass is 278 g/mol. The summed E-state index contributed by atoms with van der Waals surface area (Å²) in [6.07, 6.45) is 0. The zero-order valence-corrected chi connectivity index (χ0v) is 11.5. The van der Waals surface area contributed by atoms with E-state index in [0.717, 1.165) is 5.56 Å². The second kappa shape index (κ2) is 5.44. The zero-order chi connectivity index (χ0) is 13.9. The maximum atomic E-state index is 11.0. The predicted octanol–water partition coefficient (Wildman–Crippen LogP) is 2.83. The van der Waals surface area contributed by atoms with Crippen molar-refractivity contribution in [3.05, 3.63) is 36.2 Å². The Morgan fingerprint density at radius 3 is 2.63 bits per heavy atom. The number of nitrogens with zero attached hydrogens (tertiary/aromatic N) is 2. The molecule has 1 N–H and O–H groups in total. The molecular weight excluding hydrogens is 264 g/mol. The molecule has 0 saturated heterocycles. The summed E-state index contributed by atoms with van der Waals surface area (Å²) in [5, 5.41) is 16.9. The van der Waals surface area contributed by atoms with Gasteiger partial charge in [-0.15, -0.1) is 22.0 Å². The van der Waals surface area contributed by atoms with Gasteiger partial charge in [-0.2, -0.15) is 0 Å². The van der Waals surface area contributed by atoms with E-state index in [0.29, 0.717) is 17.5 Å². The summed E-state index contributed by atoms with van der Waals surface area (Å²) in [4.78, 5) is 11.0. The molecule has 0 aliphatic heterocycles. The second-order valence-electron chi connectivity index (χ2n) is 4.47. The molecule has 0 radical (unpaired) electrons. The normalized spacial score (nSPS) is 11.5. The van der Waals surface area contributed by atoms with Crippen LogP contribution in [-0.4, -0.2) is 26.0 Å². The van der Waals surface area contributed by atoms with Gasteiger partial charge in [-0.25, -0.2) is 0 Å². The number of rotatable bonds is 5. The topological polar surface area (TPSA) is 76.2 Å². The fraction of sp³-hybridized carbons (Fsp3) is 0.308. The number of carbonyl (C=O) groups is 1. The third-order valence-electron chi connectivity index (χ3n) is 2.56. The van der Waals surface area contributed by atoms with Crippen LogP contribution < -0.4 is 0 Å². The molecule has 0 unspecified atom stereocenters. The van der Waals surface area contributed by atoms with Crippen LogP contribution in [0.2, 0.25) is 0 Å². The van der Waals surface area contributed by atoms with Crippen LogP contribution in [0.1, 0.15) is 19.7 Å². The van der Waals surface area contributed by atoms with Gasteiger partial charge in [0.05, 0.1) is 5.75 Å². The first-order chi connectivity index (χ1) is 8.99. The van der Waals surface area contributed by atoms with Crippen molar-refractivity contribution in [2.45, 2.75) is 24.3 Å². The predicted molar refractivity (Wildman–Crippen MR) is 72.7 cm³/mol. The first kappa shape index (κ1) is 13.6. The Morgan fingerprint density at radius 2 is 2.00 bits per heavy atom. The minimum absolute atomic E-state index is 0.374. The molecule has 0 atom stereocenters. The molecule has 100 valence electrons. The van der Waals surface area contributed by atoms with Crippen LogP contribution in [0.15, 0.2) is 34.7 Å². The van der Waals surface area contributed by atoms with E-state index in [1.807, 2.05) is 30.3 Å². The van der Waals surface area contributed by atoms with E-state index in [2.05, 4.69) is 10.2 Å².